The molecule has 0 amide bonds. The first-order valence-corrected chi connectivity index (χ1v) is 3.94. The van der Waals surface area contributed by atoms with Crippen molar-refractivity contribution in [1.82, 2.24) is 0 Å². The summed E-state index contributed by atoms with van der Waals surface area (Å²) in [5.41, 5.74) is -0.244. The fourth-order valence-electron chi connectivity index (χ4n) is 0.652. The van der Waals surface area contributed by atoms with E-state index in [4.69, 9.17) is 34.8 Å². The summed E-state index contributed by atoms with van der Waals surface area (Å²) in [5.74, 6) is 0. The molecule has 0 saturated heterocycles. The van der Waals surface area contributed by atoms with Gasteiger partial charge >= 0.3 is 0 Å². The van der Waals surface area contributed by atoms with Crippen molar-refractivity contribution in [3.05, 3.63) is 37.3 Å². The minimum atomic E-state index is -0.620. The van der Waals surface area contributed by atoms with Gasteiger partial charge in [0.05, 0.1) is 15.0 Å². The summed E-state index contributed by atoms with van der Waals surface area (Å²) in [6, 6.07) is 2.36. The molecule has 64 valence electrons. The van der Waals surface area contributed by atoms with Crippen LogP contribution < -0.4 is 0 Å². The monoisotopic (exact) mass is 231 g/mol. The standard InChI is InChI=1S/C6H2Cl3NO2/c7-3-1-5(9)6(10(11)12)2-4(3)8/h1-2H/i1+1,2+1,3+1,4+1,5+1,6+1. The van der Waals surface area contributed by atoms with Gasteiger partial charge in [-0.05, 0) is 6.07 Å². The molecule has 6 heteroatoms. The van der Waals surface area contributed by atoms with Crippen molar-refractivity contribution in [2.75, 3.05) is 0 Å². The summed E-state index contributed by atoms with van der Waals surface area (Å²) >= 11 is 16.6. The number of hydrogen-bond acceptors (Lipinski definition) is 2. The van der Waals surface area contributed by atoms with E-state index in [0.717, 1.165) is 6.07 Å². The molecule has 0 aromatic heterocycles. The number of nitro benzene ring substituents is 1. The van der Waals surface area contributed by atoms with Crippen LogP contribution >= 0.6 is 34.8 Å². The quantitative estimate of drug-likeness (QED) is 0.422. The SMILES string of the molecule is O=[N+]([O-])[13c]1[13cH][13c](Cl)[13c](Cl)[13cH][13c]1Cl. The molecule has 0 bridgehead atoms. The van der Waals surface area contributed by atoms with Crippen LogP contribution in [0.15, 0.2) is 12.1 Å². The Bertz CT molecular complexity index is 340. The largest absolute Gasteiger partial charge is 0.289 e. The lowest BCUT2D eigenvalue weighted by atomic mass is 11.3. The summed E-state index contributed by atoms with van der Waals surface area (Å²) in [4.78, 5) is 9.68. The summed E-state index contributed by atoms with van der Waals surface area (Å²) in [7, 11) is 0. The van der Waals surface area contributed by atoms with Gasteiger partial charge in [-0.1, -0.05) is 34.8 Å². The van der Waals surface area contributed by atoms with Gasteiger partial charge in [0.25, 0.3) is 5.69 Å². The number of benzene rings is 1. The highest BCUT2D eigenvalue weighted by Gasteiger charge is 2.14. The van der Waals surface area contributed by atoms with Crippen molar-refractivity contribution < 1.29 is 4.92 Å². The Labute approximate surface area is 83.0 Å². The van der Waals surface area contributed by atoms with Gasteiger partial charge in [0.1, 0.15) is 5.02 Å². The van der Waals surface area contributed by atoms with Crippen LogP contribution in [0.4, 0.5) is 5.69 Å². The van der Waals surface area contributed by atoms with Crippen molar-refractivity contribution in [2.45, 2.75) is 0 Å². The number of rotatable bonds is 1. The van der Waals surface area contributed by atoms with Crippen LogP contribution in [-0.2, 0) is 0 Å². The third-order valence-corrected chi connectivity index (χ3v) is 2.21. The molecule has 0 fully saturated rings. The van der Waals surface area contributed by atoms with Crippen LogP contribution in [0.2, 0.25) is 15.1 Å². The number of halogens is 3. The lowest BCUT2D eigenvalue weighted by Gasteiger charge is -1.97. The first kappa shape index (κ1) is 9.58. The van der Waals surface area contributed by atoms with Gasteiger partial charge < -0.3 is 0 Å². The zero-order valence-electron chi connectivity index (χ0n) is 5.55. The number of nitro groups is 1. The Hall–Kier alpha value is -0.510. The molecule has 0 aliphatic heterocycles. The van der Waals surface area contributed by atoms with Crippen molar-refractivity contribution in [3.8, 4) is 0 Å². The molecule has 0 aliphatic rings. The van der Waals surface area contributed by atoms with Crippen LogP contribution in [0.1, 0.15) is 0 Å². The van der Waals surface area contributed by atoms with Gasteiger partial charge in [0, 0.05) is 6.07 Å². The van der Waals surface area contributed by atoms with Gasteiger partial charge in [-0.15, -0.1) is 0 Å². The van der Waals surface area contributed by atoms with Gasteiger partial charge in [-0.3, -0.25) is 10.1 Å². The molecule has 1 rings (SSSR count). The predicted molar refractivity (Wildman–Crippen MR) is 48.1 cm³/mol. The van der Waals surface area contributed by atoms with E-state index in [1.165, 1.54) is 6.07 Å². The Morgan fingerprint density at radius 3 is 2.08 bits per heavy atom. The third-order valence-electron chi connectivity index (χ3n) is 1.19. The smallest absolute Gasteiger partial charge is 0.258 e. The van der Waals surface area contributed by atoms with Crippen LogP contribution in [0.5, 0.6) is 0 Å². The highest BCUT2D eigenvalue weighted by atomic mass is 35.5. The Morgan fingerprint density at radius 1 is 1.08 bits per heavy atom. The van der Waals surface area contributed by atoms with E-state index in [1.54, 1.807) is 0 Å². The zero-order valence-corrected chi connectivity index (χ0v) is 7.82. The normalized spacial score (nSPS) is 9.92. The Morgan fingerprint density at radius 2 is 1.58 bits per heavy atom. The predicted octanol–water partition coefficient (Wildman–Crippen LogP) is 3.56. The van der Waals surface area contributed by atoms with Crippen LogP contribution in [0, 0.1) is 10.1 Å². The molecule has 0 heterocycles. The molecule has 12 heavy (non-hydrogen) atoms. The van der Waals surface area contributed by atoms with Gasteiger partial charge in [0.15, 0.2) is 0 Å². The second-order valence-corrected chi connectivity index (χ2v) is 3.20. The maximum absolute atomic E-state index is 10.3. The molecule has 0 radical (unpaired) electrons. The molecule has 0 atom stereocenters. The molecule has 0 N–H and O–H groups in total. The highest BCUT2D eigenvalue weighted by Crippen LogP contribution is 2.33. The molecule has 0 saturated carbocycles. The molecular formula is C6H2Cl3NO2. The van der Waals surface area contributed by atoms with E-state index in [0.29, 0.717) is 0 Å². The highest BCUT2D eigenvalue weighted by molar-refractivity contribution is 6.43. The summed E-state index contributed by atoms with van der Waals surface area (Å²) in [5, 5.41) is 10.6. The summed E-state index contributed by atoms with van der Waals surface area (Å²) in [6.07, 6.45) is 0. The summed E-state index contributed by atoms with van der Waals surface area (Å²) in [6.45, 7) is 0. The maximum Gasteiger partial charge on any atom is 0.289 e. The fraction of sp³-hybridized carbons (Fsp3) is 0. The Kier molecular flexibility index (Phi) is 2.77. The third kappa shape index (κ3) is 1.80. The van der Waals surface area contributed by atoms with E-state index in [9.17, 15) is 10.1 Å². The second-order valence-electron chi connectivity index (χ2n) is 1.97. The number of hydrogen-bond donors (Lipinski definition) is 0. The van der Waals surface area contributed by atoms with Crippen LogP contribution in [-0.4, -0.2) is 4.92 Å². The molecular weight excluding hydrogens is 230 g/mol. The first-order valence-electron chi connectivity index (χ1n) is 2.81. The average molecular weight is 232 g/mol. The molecule has 0 spiro atoms. The molecule has 3 nitrogen and oxygen atoms in total. The van der Waals surface area contributed by atoms with E-state index in [2.05, 4.69) is 0 Å². The Balaban J connectivity index is 3.33. The zero-order chi connectivity index (χ0) is 9.30. The molecule has 1 aromatic carbocycles. The summed E-state index contributed by atoms with van der Waals surface area (Å²) < 4.78 is 0. The van der Waals surface area contributed by atoms with E-state index in [-0.39, 0.29) is 20.8 Å². The average Bonchev–Trinajstić information content (AvgIpc) is 1.96. The van der Waals surface area contributed by atoms with Crippen LogP contribution in [0.3, 0.4) is 0 Å². The van der Waals surface area contributed by atoms with E-state index >= 15 is 0 Å². The van der Waals surface area contributed by atoms with Crippen LogP contribution in [0.25, 0.3) is 0 Å². The van der Waals surface area contributed by atoms with Gasteiger partial charge in [-0.25, -0.2) is 0 Å². The van der Waals surface area contributed by atoms with Gasteiger partial charge in [-0.2, -0.15) is 0 Å². The first-order chi connectivity index (χ1) is 5.52. The second kappa shape index (κ2) is 3.47. The lowest BCUT2D eigenvalue weighted by Crippen LogP contribution is -1.88. The van der Waals surface area contributed by atoms with E-state index < -0.39 is 4.92 Å². The lowest BCUT2D eigenvalue weighted by molar-refractivity contribution is -0.384. The minimum Gasteiger partial charge on any atom is -0.258 e. The van der Waals surface area contributed by atoms with Crippen molar-refractivity contribution >= 4 is 40.5 Å². The molecule has 0 unspecified atom stereocenters. The van der Waals surface area contributed by atoms with Crippen molar-refractivity contribution in [3.63, 3.8) is 0 Å². The van der Waals surface area contributed by atoms with Crippen molar-refractivity contribution in [2.24, 2.45) is 0 Å². The fourth-order valence-corrected chi connectivity index (χ4v) is 1.26. The van der Waals surface area contributed by atoms with Gasteiger partial charge in [0.2, 0.25) is 0 Å². The molecule has 0 aliphatic carbocycles. The van der Waals surface area contributed by atoms with Crippen molar-refractivity contribution in [1.29, 1.82) is 0 Å². The maximum atomic E-state index is 10.3. The number of nitrogens with zero attached hydrogens (tertiary/aromatic N) is 1. The topological polar surface area (TPSA) is 43.1 Å². The minimum absolute atomic E-state index is 0.0191. The van der Waals surface area contributed by atoms with E-state index in [1.807, 2.05) is 0 Å². The molecule has 1 aromatic rings.